The van der Waals surface area contributed by atoms with E-state index in [-0.39, 0.29) is 17.5 Å². The molecule has 1 heterocycles. The molecule has 2 aromatic rings. The maximum Gasteiger partial charge on any atom is 0.286 e. The average Bonchev–Trinajstić information content (AvgIpc) is 2.97. The van der Waals surface area contributed by atoms with Crippen LogP contribution in [0.25, 0.3) is 6.08 Å². The van der Waals surface area contributed by atoms with E-state index in [1.165, 1.54) is 13.2 Å². The fourth-order valence-electron chi connectivity index (χ4n) is 2.44. The number of carbonyl (C=O) groups excluding carboxylic acids is 1. The van der Waals surface area contributed by atoms with Crippen molar-refractivity contribution >= 4 is 34.6 Å². The van der Waals surface area contributed by atoms with Gasteiger partial charge in [0.25, 0.3) is 11.6 Å². The molecule has 1 aliphatic heterocycles. The summed E-state index contributed by atoms with van der Waals surface area (Å²) in [5.74, 6) is 0.474. The van der Waals surface area contributed by atoms with E-state index in [4.69, 9.17) is 15.2 Å². The summed E-state index contributed by atoms with van der Waals surface area (Å²) in [6.07, 6.45) is 1.65. The number of amidine groups is 1. The second-order valence-corrected chi connectivity index (χ2v) is 6.51. The van der Waals surface area contributed by atoms with Gasteiger partial charge in [0, 0.05) is 6.07 Å². The normalized spacial score (nSPS) is 14.9. The first-order valence-corrected chi connectivity index (χ1v) is 8.60. The van der Waals surface area contributed by atoms with Crippen LogP contribution in [0.15, 0.2) is 52.4 Å². The highest BCUT2D eigenvalue weighted by Gasteiger charge is 2.20. The van der Waals surface area contributed by atoms with E-state index in [0.717, 1.165) is 11.8 Å². The van der Waals surface area contributed by atoms with Gasteiger partial charge in [0.05, 0.1) is 22.5 Å². The summed E-state index contributed by atoms with van der Waals surface area (Å²) in [5.41, 5.74) is 6.66. The average molecular weight is 385 g/mol. The molecule has 27 heavy (non-hydrogen) atoms. The topological polar surface area (TPSA) is 117 Å². The molecule has 8 nitrogen and oxygen atoms in total. The molecule has 1 amide bonds. The highest BCUT2D eigenvalue weighted by atomic mass is 32.2. The molecule has 0 unspecified atom stereocenters. The van der Waals surface area contributed by atoms with Crippen molar-refractivity contribution in [1.29, 1.82) is 0 Å². The molecule has 0 fully saturated rings. The van der Waals surface area contributed by atoms with Gasteiger partial charge in [-0.2, -0.15) is 4.99 Å². The second kappa shape index (κ2) is 7.92. The van der Waals surface area contributed by atoms with E-state index in [9.17, 15) is 14.9 Å². The van der Waals surface area contributed by atoms with E-state index in [1.54, 1.807) is 42.5 Å². The summed E-state index contributed by atoms with van der Waals surface area (Å²) in [4.78, 5) is 26.5. The Labute approximate surface area is 158 Å². The zero-order valence-electron chi connectivity index (χ0n) is 14.2. The third-order valence-corrected chi connectivity index (χ3v) is 4.51. The van der Waals surface area contributed by atoms with Crippen molar-refractivity contribution in [3.8, 4) is 11.5 Å². The summed E-state index contributed by atoms with van der Waals surface area (Å²) in [5, 5.41) is 11.3. The van der Waals surface area contributed by atoms with Crippen LogP contribution < -0.4 is 15.2 Å². The molecule has 9 heteroatoms. The van der Waals surface area contributed by atoms with Gasteiger partial charge in [-0.1, -0.05) is 18.2 Å². The predicted octanol–water partition coefficient (Wildman–Crippen LogP) is 3.11. The number of hydrogen-bond donors (Lipinski definition) is 1. The number of benzene rings is 2. The number of carbonyl (C=O) groups is 1. The summed E-state index contributed by atoms with van der Waals surface area (Å²) in [6.45, 7) is -0.00270. The van der Waals surface area contributed by atoms with Crippen LogP contribution in [0.5, 0.6) is 11.5 Å². The highest BCUT2D eigenvalue weighted by molar-refractivity contribution is 8.18. The molecular formula is C18H15N3O5S. The van der Waals surface area contributed by atoms with Crippen molar-refractivity contribution < 1.29 is 19.2 Å². The lowest BCUT2D eigenvalue weighted by molar-refractivity contribution is -0.385. The number of methoxy groups -OCH3 is 1. The van der Waals surface area contributed by atoms with Gasteiger partial charge in [0.15, 0.2) is 16.7 Å². The van der Waals surface area contributed by atoms with Crippen LogP contribution >= 0.6 is 11.8 Å². The Morgan fingerprint density at radius 1 is 1.26 bits per heavy atom. The number of ether oxygens (including phenoxy) is 2. The Balaban J connectivity index is 1.84. The van der Waals surface area contributed by atoms with Gasteiger partial charge in [-0.15, -0.1) is 0 Å². The number of para-hydroxylation sites is 1. The van der Waals surface area contributed by atoms with E-state index in [0.29, 0.717) is 27.5 Å². The van der Waals surface area contributed by atoms with Crippen molar-refractivity contribution in [2.75, 3.05) is 7.11 Å². The Hall–Kier alpha value is -3.33. The van der Waals surface area contributed by atoms with E-state index in [1.807, 2.05) is 0 Å². The van der Waals surface area contributed by atoms with Crippen molar-refractivity contribution in [2.24, 2.45) is 10.7 Å². The Morgan fingerprint density at radius 3 is 2.70 bits per heavy atom. The minimum atomic E-state index is -0.454. The summed E-state index contributed by atoms with van der Waals surface area (Å²) >= 11 is 1.09. The van der Waals surface area contributed by atoms with Crippen LogP contribution in [0.1, 0.15) is 11.1 Å². The summed E-state index contributed by atoms with van der Waals surface area (Å²) in [7, 11) is 1.50. The number of nitro benzene ring substituents is 1. The molecule has 0 bridgehead atoms. The molecular weight excluding hydrogens is 370 g/mol. The predicted molar refractivity (Wildman–Crippen MR) is 103 cm³/mol. The van der Waals surface area contributed by atoms with Crippen molar-refractivity contribution in [2.45, 2.75) is 6.61 Å². The lowest BCUT2D eigenvalue weighted by atomic mass is 10.1. The number of thioether (sulfide) groups is 1. The highest BCUT2D eigenvalue weighted by Crippen LogP contribution is 2.32. The van der Waals surface area contributed by atoms with Crippen molar-refractivity contribution in [3.63, 3.8) is 0 Å². The number of aliphatic imine (C=N–C) groups is 1. The van der Waals surface area contributed by atoms with Crippen LogP contribution in [0.2, 0.25) is 0 Å². The number of amides is 1. The number of hydrogen-bond acceptors (Lipinski definition) is 7. The number of nitrogens with zero attached hydrogens (tertiary/aromatic N) is 2. The first kappa shape index (κ1) is 18.5. The van der Waals surface area contributed by atoms with Crippen LogP contribution in [-0.2, 0) is 11.4 Å². The second-order valence-electron chi connectivity index (χ2n) is 5.45. The molecule has 0 spiro atoms. The first-order valence-electron chi connectivity index (χ1n) is 7.79. The molecule has 0 aliphatic carbocycles. The van der Waals surface area contributed by atoms with Crippen LogP contribution in [0.4, 0.5) is 5.69 Å². The van der Waals surface area contributed by atoms with Crippen LogP contribution in [-0.4, -0.2) is 23.1 Å². The fourth-order valence-corrected chi connectivity index (χ4v) is 3.12. The third-order valence-electron chi connectivity index (χ3n) is 3.69. The molecule has 1 aliphatic rings. The Kier molecular flexibility index (Phi) is 5.41. The SMILES string of the molecule is COc1ccc(/C=C2\SC(N)=NC2=O)cc1OCc1ccccc1[N+](=O)[O-]. The summed E-state index contributed by atoms with van der Waals surface area (Å²) in [6, 6.07) is 11.5. The minimum Gasteiger partial charge on any atom is -0.493 e. The van der Waals surface area contributed by atoms with Gasteiger partial charge in [-0.05, 0) is 41.6 Å². The molecule has 2 aromatic carbocycles. The lowest BCUT2D eigenvalue weighted by Crippen LogP contribution is -2.01. The maximum atomic E-state index is 11.7. The van der Waals surface area contributed by atoms with E-state index < -0.39 is 10.8 Å². The maximum absolute atomic E-state index is 11.7. The molecule has 0 aromatic heterocycles. The molecule has 0 saturated heterocycles. The Bertz CT molecular complexity index is 971. The third kappa shape index (κ3) is 4.26. The van der Waals surface area contributed by atoms with E-state index in [2.05, 4.69) is 4.99 Å². The first-order chi connectivity index (χ1) is 13.0. The number of nitrogens with two attached hydrogens (primary N) is 1. The van der Waals surface area contributed by atoms with Gasteiger partial charge < -0.3 is 15.2 Å². The zero-order chi connectivity index (χ0) is 19.4. The number of rotatable bonds is 6. The molecule has 0 saturated carbocycles. The quantitative estimate of drug-likeness (QED) is 0.461. The van der Waals surface area contributed by atoms with Gasteiger partial charge in [0.2, 0.25) is 0 Å². The van der Waals surface area contributed by atoms with E-state index >= 15 is 0 Å². The molecule has 2 N–H and O–H groups in total. The molecule has 138 valence electrons. The van der Waals surface area contributed by atoms with Gasteiger partial charge >= 0.3 is 0 Å². The zero-order valence-corrected chi connectivity index (χ0v) is 15.1. The molecule has 0 atom stereocenters. The van der Waals surface area contributed by atoms with Crippen molar-refractivity contribution in [1.82, 2.24) is 0 Å². The van der Waals surface area contributed by atoms with Crippen LogP contribution in [0.3, 0.4) is 0 Å². The van der Waals surface area contributed by atoms with Crippen LogP contribution in [0, 0.1) is 10.1 Å². The monoisotopic (exact) mass is 385 g/mol. The lowest BCUT2D eigenvalue weighted by Gasteiger charge is -2.12. The number of nitro groups is 1. The molecule has 0 radical (unpaired) electrons. The standard InChI is InChI=1S/C18H15N3O5S/c1-25-14-7-6-11(9-16-17(22)20-18(19)27-16)8-15(14)26-10-12-4-2-3-5-13(12)21(23)24/h2-9H,10H2,1H3,(H2,19,20,22)/b16-9-. The van der Waals surface area contributed by atoms with Crippen molar-refractivity contribution in [3.05, 3.63) is 68.6 Å². The molecule has 3 rings (SSSR count). The van der Waals surface area contributed by atoms with Gasteiger partial charge in [-0.3, -0.25) is 14.9 Å². The smallest absolute Gasteiger partial charge is 0.286 e. The largest absolute Gasteiger partial charge is 0.493 e. The minimum absolute atomic E-state index is 0.00270. The van der Waals surface area contributed by atoms with Gasteiger partial charge in [0.1, 0.15) is 6.61 Å². The fraction of sp³-hybridized carbons (Fsp3) is 0.111. The van der Waals surface area contributed by atoms with Gasteiger partial charge in [-0.25, -0.2) is 0 Å². The summed E-state index contributed by atoms with van der Waals surface area (Å²) < 4.78 is 11.0. The Morgan fingerprint density at radius 2 is 2.04 bits per heavy atom.